The van der Waals surface area contributed by atoms with Gasteiger partial charge in [-0.1, -0.05) is 31.1 Å². The molecule has 1 aromatic carbocycles. The van der Waals surface area contributed by atoms with Crippen LogP contribution in [0.4, 0.5) is 0 Å². The first kappa shape index (κ1) is 17.9. The van der Waals surface area contributed by atoms with Gasteiger partial charge in [-0.15, -0.1) is 12.4 Å². The first-order chi connectivity index (χ1) is 10.6. The second-order valence-electron chi connectivity index (χ2n) is 6.09. The van der Waals surface area contributed by atoms with E-state index >= 15 is 0 Å². The monoisotopic (exact) mass is 336 g/mol. The van der Waals surface area contributed by atoms with Crippen LogP contribution in [0.15, 0.2) is 28.8 Å². The summed E-state index contributed by atoms with van der Waals surface area (Å²) in [5.41, 5.74) is 8.11. The lowest BCUT2D eigenvalue weighted by Gasteiger charge is -2.34. The van der Waals surface area contributed by atoms with Crippen molar-refractivity contribution in [2.75, 3.05) is 13.1 Å². The summed E-state index contributed by atoms with van der Waals surface area (Å²) in [4.78, 5) is 6.87. The smallest absolute Gasteiger partial charge is 0.257 e. The van der Waals surface area contributed by atoms with Crippen molar-refractivity contribution in [1.82, 2.24) is 15.0 Å². The molecule has 0 saturated heterocycles. The zero-order valence-electron chi connectivity index (χ0n) is 13.8. The normalized spacial score (nSPS) is 16.0. The van der Waals surface area contributed by atoms with E-state index in [0.717, 1.165) is 44.5 Å². The maximum absolute atomic E-state index is 6.23. The standard InChI is InChI=1S/C17H24N4O.ClH/c1-3-21(4-2)12-13-6-8-14(9-7-13)15-19-16(20-22-15)17(18)10-5-11-17;/h6-9H,3-5,10-12,18H2,1-2H3;1H. The topological polar surface area (TPSA) is 68.2 Å². The summed E-state index contributed by atoms with van der Waals surface area (Å²) in [7, 11) is 0. The van der Waals surface area contributed by atoms with Gasteiger partial charge in [0.1, 0.15) is 0 Å². The van der Waals surface area contributed by atoms with Crippen LogP contribution in [0, 0.1) is 0 Å². The molecule has 0 aliphatic heterocycles. The molecule has 0 spiro atoms. The number of nitrogens with zero attached hydrogens (tertiary/aromatic N) is 3. The first-order valence-electron chi connectivity index (χ1n) is 8.09. The van der Waals surface area contributed by atoms with Gasteiger partial charge in [0.25, 0.3) is 5.89 Å². The van der Waals surface area contributed by atoms with Crippen molar-refractivity contribution in [3.05, 3.63) is 35.7 Å². The number of aromatic nitrogens is 2. The number of benzene rings is 1. The van der Waals surface area contributed by atoms with Gasteiger partial charge in [-0.3, -0.25) is 4.90 Å². The van der Waals surface area contributed by atoms with Crippen LogP contribution >= 0.6 is 12.4 Å². The summed E-state index contributed by atoms with van der Waals surface area (Å²) >= 11 is 0. The Morgan fingerprint density at radius 1 is 1.17 bits per heavy atom. The Bertz CT molecular complexity index is 618. The summed E-state index contributed by atoms with van der Waals surface area (Å²) < 4.78 is 5.38. The molecular formula is C17H25ClN4O. The van der Waals surface area contributed by atoms with Gasteiger partial charge in [0, 0.05) is 12.1 Å². The molecule has 0 amide bonds. The highest BCUT2D eigenvalue weighted by Gasteiger charge is 2.39. The van der Waals surface area contributed by atoms with E-state index in [1.807, 2.05) is 12.1 Å². The van der Waals surface area contributed by atoms with Crippen molar-refractivity contribution in [3.8, 4) is 11.5 Å². The summed E-state index contributed by atoms with van der Waals surface area (Å²) in [6, 6.07) is 8.33. The van der Waals surface area contributed by atoms with E-state index in [0.29, 0.717) is 11.7 Å². The molecule has 1 aliphatic carbocycles. The summed E-state index contributed by atoms with van der Waals surface area (Å²) in [5.74, 6) is 1.20. The lowest BCUT2D eigenvalue weighted by atomic mass is 9.77. The molecule has 6 heteroatoms. The molecule has 2 N–H and O–H groups in total. The van der Waals surface area contributed by atoms with E-state index in [1.54, 1.807) is 0 Å². The van der Waals surface area contributed by atoms with Gasteiger partial charge in [-0.05, 0) is 50.0 Å². The summed E-state index contributed by atoms with van der Waals surface area (Å²) in [6.07, 6.45) is 3.02. The minimum atomic E-state index is -0.371. The van der Waals surface area contributed by atoms with Gasteiger partial charge in [0.15, 0.2) is 5.82 Å². The van der Waals surface area contributed by atoms with Gasteiger partial charge in [-0.25, -0.2) is 0 Å². The average Bonchev–Trinajstić information content (AvgIpc) is 3.01. The molecule has 3 rings (SSSR count). The maximum atomic E-state index is 6.23. The zero-order valence-corrected chi connectivity index (χ0v) is 14.6. The van der Waals surface area contributed by atoms with Crippen LogP contribution in [0.5, 0.6) is 0 Å². The number of rotatable bonds is 6. The van der Waals surface area contributed by atoms with Gasteiger partial charge in [0.05, 0.1) is 5.54 Å². The SMILES string of the molecule is CCN(CC)Cc1ccc(-c2nc(C3(N)CCC3)no2)cc1.Cl. The second-order valence-corrected chi connectivity index (χ2v) is 6.09. The van der Waals surface area contributed by atoms with E-state index in [2.05, 4.69) is 41.0 Å². The van der Waals surface area contributed by atoms with Crippen molar-refractivity contribution >= 4 is 12.4 Å². The van der Waals surface area contributed by atoms with E-state index in [1.165, 1.54) is 5.56 Å². The number of hydrogen-bond donors (Lipinski definition) is 1. The summed E-state index contributed by atoms with van der Waals surface area (Å²) in [5, 5.41) is 4.06. The Morgan fingerprint density at radius 2 is 1.83 bits per heavy atom. The molecule has 126 valence electrons. The molecule has 2 aromatic rings. The van der Waals surface area contributed by atoms with Crippen molar-refractivity contribution in [2.24, 2.45) is 5.73 Å². The number of hydrogen-bond acceptors (Lipinski definition) is 5. The molecule has 1 aromatic heterocycles. The molecule has 0 bridgehead atoms. The summed E-state index contributed by atoms with van der Waals surface area (Å²) in [6.45, 7) is 7.45. The Labute approximate surface area is 143 Å². The molecule has 1 aliphatic rings. The van der Waals surface area contributed by atoms with Crippen LogP contribution in [0.25, 0.3) is 11.5 Å². The highest BCUT2D eigenvalue weighted by molar-refractivity contribution is 5.85. The molecule has 0 atom stereocenters. The molecule has 5 nitrogen and oxygen atoms in total. The van der Waals surface area contributed by atoms with Crippen LogP contribution < -0.4 is 5.73 Å². The van der Waals surface area contributed by atoms with Gasteiger partial charge >= 0.3 is 0 Å². The van der Waals surface area contributed by atoms with Crippen molar-refractivity contribution in [1.29, 1.82) is 0 Å². The zero-order chi connectivity index (χ0) is 15.6. The third kappa shape index (κ3) is 3.74. The van der Waals surface area contributed by atoms with Gasteiger partial charge < -0.3 is 10.3 Å². The van der Waals surface area contributed by atoms with E-state index in [-0.39, 0.29) is 17.9 Å². The highest BCUT2D eigenvalue weighted by atomic mass is 35.5. The Hall–Kier alpha value is -1.43. The minimum Gasteiger partial charge on any atom is -0.334 e. The second kappa shape index (κ2) is 7.43. The fraction of sp³-hybridized carbons (Fsp3) is 0.529. The van der Waals surface area contributed by atoms with E-state index in [4.69, 9.17) is 10.3 Å². The molecule has 1 fully saturated rings. The fourth-order valence-electron chi connectivity index (χ4n) is 2.78. The van der Waals surface area contributed by atoms with Crippen molar-refractivity contribution < 1.29 is 4.52 Å². The van der Waals surface area contributed by atoms with E-state index < -0.39 is 0 Å². The predicted molar refractivity (Wildman–Crippen MR) is 93.3 cm³/mol. The number of nitrogens with two attached hydrogens (primary N) is 1. The Balaban J connectivity index is 0.00000192. The third-order valence-corrected chi connectivity index (χ3v) is 4.62. The molecule has 0 unspecified atom stereocenters. The average molecular weight is 337 g/mol. The van der Waals surface area contributed by atoms with Crippen LogP contribution in [-0.4, -0.2) is 28.1 Å². The maximum Gasteiger partial charge on any atom is 0.257 e. The fourth-order valence-corrected chi connectivity index (χ4v) is 2.78. The highest BCUT2D eigenvalue weighted by Crippen LogP contribution is 2.37. The largest absolute Gasteiger partial charge is 0.334 e. The molecule has 0 radical (unpaired) electrons. The Morgan fingerprint density at radius 3 is 2.35 bits per heavy atom. The third-order valence-electron chi connectivity index (χ3n) is 4.62. The van der Waals surface area contributed by atoms with Gasteiger partial charge in [-0.2, -0.15) is 4.98 Å². The molecule has 1 saturated carbocycles. The van der Waals surface area contributed by atoms with Crippen molar-refractivity contribution in [3.63, 3.8) is 0 Å². The first-order valence-corrected chi connectivity index (χ1v) is 8.09. The van der Waals surface area contributed by atoms with Crippen LogP contribution in [0.2, 0.25) is 0 Å². The van der Waals surface area contributed by atoms with Crippen LogP contribution in [0.3, 0.4) is 0 Å². The minimum absolute atomic E-state index is 0. The van der Waals surface area contributed by atoms with Gasteiger partial charge in [0.2, 0.25) is 0 Å². The quantitative estimate of drug-likeness (QED) is 0.876. The van der Waals surface area contributed by atoms with Crippen LogP contribution in [0.1, 0.15) is 44.5 Å². The van der Waals surface area contributed by atoms with E-state index in [9.17, 15) is 0 Å². The van der Waals surface area contributed by atoms with Crippen LogP contribution in [-0.2, 0) is 12.1 Å². The number of halogens is 1. The van der Waals surface area contributed by atoms with Crippen molar-refractivity contribution in [2.45, 2.75) is 45.2 Å². The lowest BCUT2D eigenvalue weighted by molar-refractivity contribution is 0.229. The lowest BCUT2D eigenvalue weighted by Crippen LogP contribution is -2.44. The molecule has 1 heterocycles. The molecular weight excluding hydrogens is 312 g/mol. The Kier molecular flexibility index (Phi) is 5.79. The molecule has 23 heavy (non-hydrogen) atoms. The predicted octanol–water partition coefficient (Wildman–Crippen LogP) is 3.34.